The lowest BCUT2D eigenvalue weighted by Gasteiger charge is -2.39. The van der Waals surface area contributed by atoms with Crippen molar-refractivity contribution >= 4 is 0 Å². The van der Waals surface area contributed by atoms with Crippen LogP contribution in [-0.4, -0.2) is 54.1 Å². The van der Waals surface area contributed by atoms with Crippen LogP contribution in [0.1, 0.15) is 20.8 Å². The first-order valence-corrected chi connectivity index (χ1v) is 5.57. The summed E-state index contributed by atoms with van der Waals surface area (Å²) in [6.07, 6.45) is 0.178. The summed E-state index contributed by atoms with van der Waals surface area (Å²) in [6.45, 7) is 7.03. The largest absolute Gasteiger partial charge is 0.375 e. The minimum atomic E-state index is -1.88. The molecule has 2 aliphatic heterocycles. The van der Waals surface area contributed by atoms with E-state index in [1.807, 2.05) is 0 Å². The van der Waals surface area contributed by atoms with Gasteiger partial charge in [0.25, 0.3) is 0 Å². The minimum absolute atomic E-state index is 0.178. The monoisotopic (exact) mass is 232 g/mol. The first-order valence-electron chi connectivity index (χ1n) is 5.57. The van der Waals surface area contributed by atoms with Gasteiger partial charge in [-0.2, -0.15) is 0 Å². The molecule has 2 N–H and O–H groups in total. The topological polar surface area (TPSA) is 74.8 Å². The van der Waals surface area contributed by atoms with Crippen molar-refractivity contribution in [3.63, 3.8) is 0 Å². The zero-order valence-corrected chi connectivity index (χ0v) is 10.0. The zero-order chi connectivity index (χ0) is 12.0. The van der Waals surface area contributed by atoms with Gasteiger partial charge >= 0.3 is 0 Å². The average Bonchev–Trinajstić information content (AvgIpc) is 2.95. The Morgan fingerprint density at radius 1 is 1.38 bits per heavy atom. The van der Waals surface area contributed by atoms with E-state index in [9.17, 15) is 10.2 Å². The van der Waals surface area contributed by atoms with E-state index in [-0.39, 0.29) is 12.7 Å². The van der Waals surface area contributed by atoms with Crippen molar-refractivity contribution in [3.8, 4) is 0 Å². The molecule has 2 unspecified atom stereocenters. The fourth-order valence-corrected chi connectivity index (χ4v) is 1.68. The highest BCUT2D eigenvalue weighted by Gasteiger charge is 2.65. The summed E-state index contributed by atoms with van der Waals surface area (Å²) in [5.41, 5.74) is -1.65. The van der Waals surface area contributed by atoms with Crippen LogP contribution in [-0.2, 0) is 14.2 Å². The zero-order valence-electron chi connectivity index (χ0n) is 10.0. The lowest BCUT2D eigenvalue weighted by molar-refractivity contribution is -0.275. The van der Waals surface area contributed by atoms with Crippen molar-refractivity contribution in [1.29, 1.82) is 0 Å². The molecule has 2 rings (SSSR count). The van der Waals surface area contributed by atoms with E-state index in [1.165, 1.54) is 0 Å². The predicted molar refractivity (Wildman–Crippen MR) is 55.9 cm³/mol. The second-order valence-corrected chi connectivity index (χ2v) is 5.68. The van der Waals surface area contributed by atoms with E-state index in [2.05, 4.69) is 0 Å². The molecule has 0 aromatic rings. The number of hydrogen-bond acceptors (Lipinski definition) is 5. The van der Waals surface area contributed by atoms with Gasteiger partial charge in [0.15, 0.2) is 5.60 Å². The highest BCUT2D eigenvalue weighted by Crippen LogP contribution is 2.46. The van der Waals surface area contributed by atoms with Crippen LogP contribution in [0.25, 0.3) is 0 Å². The molecule has 5 heteroatoms. The van der Waals surface area contributed by atoms with Crippen LogP contribution in [0.2, 0.25) is 0 Å². The van der Waals surface area contributed by atoms with Crippen LogP contribution in [0.3, 0.4) is 0 Å². The maximum atomic E-state index is 10.1. The van der Waals surface area contributed by atoms with Crippen LogP contribution < -0.4 is 0 Å². The summed E-state index contributed by atoms with van der Waals surface area (Å²) in [7, 11) is 0. The van der Waals surface area contributed by atoms with Crippen LogP contribution >= 0.6 is 0 Å². The van der Waals surface area contributed by atoms with Gasteiger partial charge in [-0.15, -0.1) is 0 Å². The average molecular weight is 232 g/mol. The lowest BCUT2D eigenvalue weighted by Crippen LogP contribution is -2.57. The molecule has 2 fully saturated rings. The molecule has 0 amide bonds. The summed E-state index contributed by atoms with van der Waals surface area (Å²) < 4.78 is 15.6. The third kappa shape index (κ3) is 2.10. The summed E-state index contributed by atoms with van der Waals surface area (Å²) in [4.78, 5) is 0. The molecule has 0 aromatic heterocycles. The number of aliphatic hydroxyl groups is 2. The second-order valence-electron chi connectivity index (χ2n) is 5.68. The van der Waals surface area contributed by atoms with Crippen molar-refractivity contribution in [1.82, 2.24) is 0 Å². The Hall–Kier alpha value is -0.200. The molecule has 2 aliphatic rings. The first kappa shape index (κ1) is 12.3. The normalized spacial score (nSPS) is 33.9. The minimum Gasteiger partial charge on any atom is -0.375 e. The molecule has 5 nitrogen and oxygen atoms in total. The summed E-state index contributed by atoms with van der Waals surface area (Å²) in [5, 5.41) is 20.3. The Balaban J connectivity index is 1.90. The molecule has 2 atom stereocenters. The molecule has 94 valence electrons. The van der Waals surface area contributed by atoms with Gasteiger partial charge < -0.3 is 24.4 Å². The van der Waals surface area contributed by atoms with E-state index >= 15 is 0 Å². The quantitative estimate of drug-likeness (QED) is 0.511. The third-order valence-electron chi connectivity index (χ3n) is 3.22. The highest BCUT2D eigenvalue weighted by molar-refractivity contribution is 5.08. The highest BCUT2D eigenvalue weighted by atomic mass is 16.7. The Kier molecular flexibility index (Phi) is 2.79. The van der Waals surface area contributed by atoms with E-state index in [4.69, 9.17) is 14.2 Å². The van der Waals surface area contributed by atoms with Gasteiger partial charge in [-0.3, -0.25) is 0 Å². The summed E-state index contributed by atoms with van der Waals surface area (Å²) >= 11 is 0. The molecule has 0 spiro atoms. The maximum Gasteiger partial charge on any atom is 0.202 e. The number of hydrogen-bond donors (Lipinski definition) is 2. The van der Waals surface area contributed by atoms with Gasteiger partial charge in [-0.05, 0) is 0 Å². The van der Waals surface area contributed by atoms with Crippen molar-refractivity contribution in [3.05, 3.63) is 0 Å². The molecular weight excluding hydrogens is 212 g/mol. The van der Waals surface area contributed by atoms with Crippen molar-refractivity contribution in [2.45, 2.75) is 38.3 Å². The molecule has 0 aromatic carbocycles. The van der Waals surface area contributed by atoms with E-state index in [0.717, 1.165) is 6.61 Å². The SMILES string of the molecule is CC(C)(C)C(O)(O)C1(COCC2CO2)CO1. The van der Waals surface area contributed by atoms with E-state index < -0.39 is 16.8 Å². The van der Waals surface area contributed by atoms with Gasteiger partial charge in [0.2, 0.25) is 5.79 Å². The van der Waals surface area contributed by atoms with Gasteiger partial charge in [0.05, 0.1) is 26.4 Å². The van der Waals surface area contributed by atoms with Crippen LogP contribution in [0.5, 0.6) is 0 Å². The number of rotatable bonds is 5. The fraction of sp³-hybridized carbons (Fsp3) is 1.00. The molecule has 0 radical (unpaired) electrons. The van der Waals surface area contributed by atoms with Crippen molar-refractivity contribution in [2.24, 2.45) is 5.41 Å². The summed E-state index contributed by atoms with van der Waals surface area (Å²) in [6, 6.07) is 0. The van der Waals surface area contributed by atoms with Crippen LogP contribution in [0.4, 0.5) is 0 Å². The van der Waals surface area contributed by atoms with Crippen LogP contribution in [0.15, 0.2) is 0 Å². The van der Waals surface area contributed by atoms with Gasteiger partial charge in [0, 0.05) is 5.41 Å². The van der Waals surface area contributed by atoms with Gasteiger partial charge in [0.1, 0.15) is 6.10 Å². The van der Waals surface area contributed by atoms with Crippen molar-refractivity contribution < 1.29 is 24.4 Å². The number of epoxide rings is 2. The second kappa shape index (κ2) is 3.65. The van der Waals surface area contributed by atoms with Crippen molar-refractivity contribution in [2.75, 3.05) is 26.4 Å². The predicted octanol–water partition coefficient (Wildman–Crippen LogP) is -0.102. The molecule has 0 bridgehead atoms. The number of ether oxygens (including phenoxy) is 3. The molecule has 0 saturated carbocycles. The Labute approximate surface area is 95.3 Å². The van der Waals surface area contributed by atoms with Gasteiger partial charge in [-0.25, -0.2) is 0 Å². The van der Waals surface area contributed by atoms with E-state index in [1.54, 1.807) is 20.8 Å². The molecule has 2 saturated heterocycles. The summed E-state index contributed by atoms with van der Waals surface area (Å²) in [5.74, 6) is -1.88. The Bertz CT molecular complexity index is 260. The maximum absolute atomic E-state index is 10.1. The lowest BCUT2D eigenvalue weighted by atomic mass is 9.78. The fourth-order valence-electron chi connectivity index (χ4n) is 1.68. The molecule has 0 aliphatic carbocycles. The smallest absolute Gasteiger partial charge is 0.202 e. The first-order chi connectivity index (χ1) is 7.29. The van der Waals surface area contributed by atoms with Crippen LogP contribution in [0, 0.1) is 5.41 Å². The molecule has 16 heavy (non-hydrogen) atoms. The van der Waals surface area contributed by atoms with E-state index in [0.29, 0.717) is 13.2 Å². The van der Waals surface area contributed by atoms with Gasteiger partial charge in [-0.1, -0.05) is 20.8 Å². The molecule has 2 heterocycles. The molecular formula is C11H20O5. The standard InChI is InChI=1S/C11H20O5/c1-9(2,3)11(12,13)10(7-16-10)6-14-4-8-5-15-8/h8,12-13H,4-7H2,1-3H3. The third-order valence-corrected chi connectivity index (χ3v) is 3.22. The Morgan fingerprint density at radius 3 is 2.31 bits per heavy atom. The Morgan fingerprint density at radius 2 is 1.94 bits per heavy atom.